The van der Waals surface area contributed by atoms with Crippen LogP contribution < -0.4 is 5.32 Å². The zero-order chi connectivity index (χ0) is 21.4. The van der Waals surface area contributed by atoms with E-state index < -0.39 is 0 Å². The van der Waals surface area contributed by atoms with Gasteiger partial charge in [0.1, 0.15) is 0 Å². The van der Waals surface area contributed by atoms with E-state index >= 15 is 0 Å². The first-order valence-electron chi connectivity index (χ1n) is 9.02. The van der Waals surface area contributed by atoms with Gasteiger partial charge in [0.05, 0.1) is 20.6 Å². The third-order valence-electron chi connectivity index (χ3n) is 4.69. The maximum absolute atomic E-state index is 12.5. The molecule has 0 radical (unpaired) electrons. The average Bonchev–Trinajstić information content (AvgIpc) is 3.17. The molecule has 0 aliphatic carbocycles. The zero-order valence-corrected chi connectivity index (χ0v) is 20.0. The van der Waals surface area contributed by atoms with E-state index in [1.165, 1.54) is 11.8 Å². The molecule has 4 nitrogen and oxygen atoms in total. The number of aliphatic imine (C=N–C) groups is 1. The van der Waals surface area contributed by atoms with Gasteiger partial charge in [-0.15, -0.1) is 0 Å². The van der Waals surface area contributed by atoms with Crippen LogP contribution in [0.4, 0.5) is 5.69 Å². The van der Waals surface area contributed by atoms with Gasteiger partial charge in [0, 0.05) is 27.1 Å². The van der Waals surface area contributed by atoms with Gasteiger partial charge in [-0.05, 0) is 77.9 Å². The molecule has 1 amide bonds. The van der Waals surface area contributed by atoms with Crippen LogP contribution in [-0.4, -0.2) is 15.6 Å². The molecule has 3 aromatic rings. The van der Waals surface area contributed by atoms with E-state index in [4.69, 9.17) is 23.2 Å². The highest BCUT2D eigenvalue weighted by atomic mass is 79.9. The highest BCUT2D eigenvalue weighted by Gasteiger charge is 2.26. The number of hydrogen-bond donors (Lipinski definition) is 1. The number of nitrogens with zero attached hydrogens (tertiary/aromatic N) is 2. The molecule has 1 aliphatic rings. The molecule has 0 spiro atoms. The Morgan fingerprint density at radius 1 is 1.07 bits per heavy atom. The molecule has 4 rings (SSSR count). The third-order valence-corrected chi connectivity index (χ3v) is 7.34. The van der Waals surface area contributed by atoms with Gasteiger partial charge >= 0.3 is 0 Å². The minimum atomic E-state index is -0.185. The predicted octanol–water partition coefficient (Wildman–Crippen LogP) is 7.06. The van der Waals surface area contributed by atoms with Gasteiger partial charge in [-0.1, -0.05) is 41.4 Å². The molecule has 2 aromatic carbocycles. The SMILES string of the molecule is Cc1c(Br)c(/C=C2\SC(=Nc3ccc(Cl)c(Cl)c3)NC2=O)c(C)n1-c1ccccc1. The van der Waals surface area contributed by atoms with Gasteiger partial charge in [-0.2, -0.15) is 0 Å². The van der Waals surface area contributed by atoms with Crippen molar-refractivity contribution in [3.8, 4) is 5.69 Å². The molecule has 1 saturated heterocycles. The molecular formula is C22H16BrCl2N3OS. The van der Waals surface area contributed by atoms with Crippen LogP contribution in [0.15, 0.2) is 62.9 Å². The van der Waals surface area contributed by atoms with Crippen molar-refractivity contribution in [2.24, 2.45) is 4.99 Å². The number of hydrogen-bond acceptors (Lipinski definition) is 3. The smallest absolute Gasteiger partial charge is 0.264 e. The number of amides is 1. The summed E-state index contributed by atoms with van der Waals surface area (Å²) in [4.78, 5) is 17.6. The summed E-state index contributed by atoms with van der Waals surface area (Å²) in [7, 11) is 0. The standard InChI is InChI=1S/C22H16BrCl2N3OS/c1-12-16(20(23)13(2)28(12)15-6-4-3-5-7-15)11-19-21(29)27-22(30-19)26-14-8-9-17(24)18(25)10-14/h3-11H,1-2H3,(H,26,27,29)/b19-11-. The molecule has 1 aromatic heterocycles. The van der Waals surface area contributed by atoms with Crippen LogP contribution >= 0.6 is 50.9 Å². The summed E-state index contributed by atoms with van der Waals surface area (Å²) in [5, 5.41) is 4.18. The first kappa shape index (κ1) is 21.2. The van der Waals surface area contributed by atoms with Crippen LogP contribution in [0.5, 0.6) is 0 Å². The molecule has 0 bridgehead atoms. The highest BCUT2D eigenvalue weighted by Crippen LogP contribution is 2.36. The van der Waals surface area contributed by atoms with E-state index in [2.05, 4.69) is 42.9 Å². The molecule has 1 fully saturated rings. The van der Waals surface area contributed by atoms with E-state index in [1.54, 1.807) is 18.2 Å². The number of rotatable bonds is 3. The lowest BCUT2D eigenvalue weighted by Crippen LogP contribution is -2.19. The van der Waals surface area contributed by atoms with Crippen LogP contribution in [0.2, 0.25) is 10.0 Å². The average molecular weight is 521 g/mol. The van der Waals surface area contributed by atoms with E-state index in [1.807, 2.05) is 38.1 Å². The summed E-state index contributed by atoms with van der Waals surface area (Å²) >= 11 is 17.0. The highest BCUT2D eigenvalue weighted by molar-refractivity contribution is 9.10. The number of carbonyl (C=O) groups is 1. The topological polar surface area (TPSA) is 46.4 Å². The number of amidine groups is 1. The molecule has 2 heterocycles. The van der Waals surface area contributed by atoms with Crippen LogP contribution in [0.25, 0.3) is 11.8 Å². The van der Waals surface area contributed by atoms with Gasteiger partial charge in [-0.25, -0.2) is 4.99 Å². The maximum Gasteiger partial charge on any atom is 0.264 e. The van der Waals surface area contributed by atoms with Crippen molar-refractivity contribution in [2.75, 3.05) is 0 Å². The monoisotopic (exact) mass is 519 g/mol. The first-order chi connectivity index (χ1) is 14.3. The first-order valence-corrected chi connectivity index (χ1v) is 11.4. The minimum absolute atomic E-state index is 0.185. The van der Waals surface area contributed by atoms with Crippen molar-refractivity contribution < 1.29 is 4.79 Å². The fourth-order valence-corrected chi connectivity index (χ4v) is 4.93. The Hall–Kier alpha value is -1.99. The quantitative estimate of drug-likeness (QED) is 0.376. The number of para-hydroxylation sites is 1. The molecule has 30 heavy (non-hydrogen) atoms. The number of aromatic nitrogens is 1. The van der Waals surface area contributed by atoms with Gasteiger partial charge in [0.2, 0.25) is 0 Å². The van der Waals surface area contributed by atoms with E-state index in [0.29, 0.717) is 25.8 Å². The Bertz CT molecular complexity index is 1220. The maximum atomic E-state index is 12.5. The Kier molecular flexibility index (Phi) is 6.11. The summed E-state index contributed by atoms with van der Waals surface area (Å²) in [5.41, 5.74) is 4.77. The lowest BCUT2D eigenvalue weighted by atomic mass is 10.2. The number of carbonyl (C=O) groups excluding carboxylic acids is 1. The second-order valence-corrected chi connectivity index (χ2v) is 9.29. The minimum Gasteiger partial charge on any atom is -0.317 e. The molecule has 0 atom stereocenters. The Morgan fingerprint density at radius 3 is 2.50 bits per heavy atom. The summed E-state index contributed by atoms with van der Waals surface area (Å²) in [6, 6.07) is 15.2. The fraction of sp³-hybridized carbons (Fsp3) is 0.0909. The lowest BCUT2D eigenvalue weighted by Gasteiger charge is -2.09. The number of nitrogens with one attached hydrogen (secondary N) is 1. The van der Waals surface area contributed by atoms with Crippen molar-refractivity contribution in [2.45, 2.75) is 13.8 Å². The van der Waals surface area contributed by atoms with Crippen molar-refractivity contribution in [3.05, 3.63) is 84.9 Å². The van der Waals surface area contributed by atoms with Gasteiger partial charge in [0.25, 0.3) is 5.91 Å². The van der Waals surface area contributed by atoms with E-state index in [-0.39, 0.29) is 5.91 Å². The second kappa shape index (κ2) is 8.63. The van der Waals surface area contributed by atoms with Crippen LogP contribution in [-0.2, 0) is 4.79 Å². The molecule has 0 unspecified atom stereocenters. The largest absolute Gasteiger partial charge is 0.317 e. The summed E-state index contributed by atoms with van der Waals surface area (Å²) in [6.07, 6.45) is 1.89. The Labute approximate surface area is 197 Å². The predicted molar refractivity (Wildman–Crippen MR) is 130 cm³/mol. The Balaban J connectivity index is 1.68. The number of halogens is 3. The van der Waals surface area contributed by atoms with E-state index in [9.17, 15) is 4.79 Å². The molecule has 8 heteroatoms. The molecule has 152 valence electrons. The third kappa shape index (κ3) is 4.10. The van der Waals surface area contributed by atoms with Crippen LogP contribution in [0.3, 0.4) is 0 Å². The van der Waals surface area contributed by atoms with Crippen molar-refractivity contribution in [1.29, 1.82) is 0 Å². The van der Waals surface area contributed by atoms with Gasteiger partial charge in [-0.3, -0.25) is 4.79 Å². The van der Waals surface area contributed by atoms with Crippen LogP contribution in [0, 0.1) is 13.8 Å². The Morgan fingerprint density at radius 2 is 1.80 bits per heavy atom. The zero-order valence-electron chi connectivity index (χ0n) is 16.0. The molecule has 1 N–H and O–H groups in total. The summed E-state index contributed by atoms with van der Waals surface area (Å²) in [6.45, 7) is 4.09. The van der Waals surface area contributed by atoms with Gasteiger partial charge in [0.15, 0.2) is 5.17 Å². The molecular weight excluding hydrogens is 505 g/mol. The van der Waals surface area contributed by atoms with Crippen molar-refractivity contribution in [3.63, 3.8) is 0 Å². The van der Waals surface area contributed by atoms with Crippen LogP contribution in [0.1, 0.15) is 17.0 Å². The molecule has 0 saturated carbocycles. The van der Waals surface area contributed by atoms with Gasteiger partial charge < -0.3 is 9.88 Å². The summed E-state index contributed by atoms with van der Waals surface area (Å²) in [5.74, 6) is -0.185. The lowest BCUT2D eigenvalue weighted by molar-refractivity contribution is -0.115. The second-order valence-electron chi connectivity index (χ2n) is 6.65. The summed E-state index contributed by atoms with van der Waals surface area (Å²) < 4.78 is 3.12. The number of benzene rings is 2. The van der Waals surface area contributed by atoms with Crippen molar-refractivity contribution >= 4 is 73.7 Å². The van der Waals surface area contributed by atoms with E-state index in [0.717, 1.165) is 27.1 Å². The molecule has 1 aliphatic heterocycles. The normalized spacial score (nSPS) is 16.5. The fourth-order valence-electron chi connectivity index (χ4n) is 3.24. The number of thioether (sulfide) groups is 1. The van der Waals surface area contributed by atoms with Crippen molar-refractivity contribution in [1.82, 2.24) is 9.88 Å².